The van der Waals surface area contributed by atoms with Gasteiger partial charge in [-0.25, -0.2) is 0 Å². The fourth-order valence-electron chi connectivity index (χ4n) is 2.54. The van der Waals surface area contributed by atoms with E-state index in [0.717, 1.165) is 28.0 Å². The first-order chi connectivity index (χ1) is 10.1. The number of phenols is 2. The lowest BCUT2D eigenvalue weighted by Gasteiger charge is -2.23. The van der Waals surface area contributed by atoms with E-state index in [2.05, 4.69) is 0 Å². The minimum atomic E-state index is 0.0944. The molecule has 108 valence electrons. The average Bonchev–Trinajstić information content (AvgIpc) is 2.48. The third-order valence-corrected chi connectivity index (χ3v) is 3.72. The van der Waals surface area contributed by atoms with E-state index in [9.17, 15) is 10.2 Å². The number of ether oxygens (including phenoxy) is 2. The van der Waals surface area contributed by atoms with Crippen LogP contribution in [0.3, 0.4) is 0 Å². The maximum Gasteiger partial charge on any atom is 0.160 e. The van der Waals surface area contributed by atoms with Crippen LogP contribution >= 0.6 is 0 Å². The van der Waals surface area contributed by atoms with Crippen LogP contribution in [0.1, 0.15) is 18.1 Å². The van der Waals surface area contributed by atoms with E-state index in [1.165, 1.54) is 7.11 Å². The van der Waals surface area contributed by atoms with E-state index in [1.807, 2.05) is 13.0 Å². The molecule has 0 fully saturated rings. The molecule has 1 aliphatic rings. The molecule has 0 unspecified atom stereocenters. The van der Waals surface area contributed by atoms with Crippen molar-refractivity contribution in [3.05, 3.63) is 47.5 Å². The van der Waals surface area contributed by atoms with Gasteiger partial charge in [-0.1, -0.05) is 6.07 Å². The molecule has 4 heteroatoms. The van der Waals surface area contributed by atoms with Gasteiger partial charge in [-0.2, -0.15) is 0 Å². The molecule has 1 heterocycles. The van der Waals surface area contributed by atoms with Gasteiger partial charge in [-0.3, -0.25) is 0 Å². The quantitative estimate of drug-likeness (QED) is 0.887. The molecule has 0 spiro atoms. The van der Waals surface area contributed by atoms with E-state index in [4.69, 9.17) is 9.47 Å². The van der Waals surface area contributed by atoms with Gasteiger partial charge in [0.1, 0.15) is 18.1 Å². The first kappa shape index (κ1) is 13.4. The summed E-state index contributed by atoms with van der Waals surface area (Å²) in [5.74, 6) is 1.49. The lowest BCUT2D eigenvalue weighted by Crippen LogP contribution is -2.09. The Morgan fingerprint density at radius 2 is 1.90 bits per heavy atom. The zero-order valence-corrected chi connectivity index (χ0v) is 11.9. The third-order valence-electron chi connectivity index (χ3n) is 3.72. The summed E-state index contributed by atoms with van der Waals surface area (Å²) in [5, 5.41) is 19.6. The van der Waals surface area contributed by atoms with Crippen LogP contribution in [-0.4, -0.2) is 23.9 Å². The SMILES string of the molecule is COc1ccc(C2=C(C)c3cc(O)ccc3OC2)cc1O. The van der Waals surface area contributed by atoms with Crippen LogP contribution in [0.15, 0.2) is 36.4 Å². The zero-order chi connectivity index (χ0) is 15.0. The van der Waals surface area contributed by atoms with Crippen LogP contribution in [0, 0.1) is 0 Å². The van der Waals surface area contributed by atoms with Gasteiger partial charge in [-0.15, -0.1) is 0 Å². The Balaban J connectivity index is 2.10. The predicted octanol–water partition coefficient (Wildman–Crippen LogP) is 3.43. The van der Waals surface area contributed by atoms with Crippen LogP contribution in [0.2, 0.25) is 0 Å². The summed E-state index contributed by atoms with van der Waals surface area (Å²) in [6, 6.07) is 10.3. The van der Waals surface area contributed by atoms with Crippen molar-refractivity contribution >= 4 is 11.1 Å². The van der Waals surface area contributed by atoms with Crippen LogP contribution in [0.25, 0.3) is 11.1 Å². The fourth-order valence-corrected chi connectivity index (χ4v) is 2.54. The molecule has 1 aliphatic heterocycles. The van der Waals surface area contributed by atoms with Crippen molar-refractivity contribution in [2.45, 2.75) is 6.92 Å². The second-order valence-corrected chi connectivity index (χ2v) is 4.96. The van der Waals surface area contributed by atoms with Crippen LogP contribution in [-0.2, 0) is 0 Å². The van der Waals surface area contributed by atoms with Crippen molar-refractivity contribution in [2.75, 3.05) is 13.7 Å². The molecular weight excluding hydrogens is 268 g/mol. The minimum absolute atomic E-state index is 0.0944. The first-order valence-electron chi connectivity index (χ1n) is 6.63. The van der Waals surface area contributed by atoms with Crippen molar-refractivity contribution in [3.63, 3.8) is 0 Å². The summed E-state index contributed by atoms with van der Waals surface area (Å²) >= 11 is 0. The summed E-state index contributed by atoms with van der Waals surface area (Å²) in [6.45, 7) is 2.41. The Morgan fingerprint density at radius 1 is 1.10 bits per heavy atom. The molecule has 0 saturated carbocycles. The Hall–Kier alpha value is -2.62. The standard InChI is InChI=1S/C17H16O4/c1-10-13-8-12(18)4-6-16(13)21-9-14(10)11-3-5-17(20-2)15(19)7-11/h3-8,18-19H,9H2,1-2H3. The van der Waals surface area contributed by atoms with Crippen molar-refractivity contribution in [1.29, 1.82) is 0 Å². The largest absolute Gasteiger partial charge is 0.508 e. The van der Waals surface area contributed by atoms with E-state index < -0.39 is 0 Å². The van der Waals surface area contributed by atoms with E-state index in [1.54, 1.807) is 30.3 Å². The molecule has 21 heavy (non-hydrogen) atoms. The monoisotopic (exact) mass is 284 g/mol. The smallest absolute Gasteiger partial charge is 0.160 e. The average molecular weight is 284 g/mol. The van der Waals surface area contributed by atoms with Gasteiger partial charge in [0, 0.05) is 11.1 Å². The maximum absolute atomic E-state index is 9.92. The second kappa shape index (κ2) is 5.05. The van der Waals surface area contributed by atoms with Crippen LogP contribution in [0.4, 0.5) is 0 Å². The second-order valence-electron chi connectivity index (χ2n) is 4.96. The third kappa shape index (κ3) is 2.29. The summed E-state index contributed by atoms with van der Waals surface area (Å²) in [4.78, 5) is 0. The summed E-state index contributed by atoms with van der Waals surface area (Å²) in [5.41, 5.74) is 3.74. The van der Waals surface area contributed by atoms with Gasteiger partial charge in [-0.05, 0) is 48.4 Å². The molecule has 0 aromatic heterocycles. The summed E-state index contributed by atoms with van der Waals surface area (Å²) < 4.78 is 10.8. The number of allylic oxidation sites excluding steroid dienone is 1. The summed E-state index contributed by atoms with van der Waals surface area (Å²) in [7, 11) is 1.52. The highest BCUT2D eigenvalue weighted by molar-refractivity contribution is 5.94. The van der Waals surface area contributed by atoms with E-state index >= 15 is 0 Å². The topological polar surface area (TPSA) is 58.9 Å². The van der Waals surface area contributed by atoms with Gasteiger partial charge in [0.15, 0.2) is 11.5 Å². The maximum atomic E-state index is 9.92. The van der Waals surface area contributed by atoms with Crippen molar-refractivity contribution in [1.82, 2.24) is 0 Å². The Labute approximate surface area is 122 Å². The molecule has 4 nitrogen and oxygen atoms in total. The lowest BCUT2D eigenvalue weighted by atomic mass is 9.93. The highest BCUT2D eigenvalue weighted by Gasteiger charge is 2.19. The molecule has 0 radical (unpaired) electrons. The number of hydrogen-bond donors (Lipinski definition) is 2. The van der Waals surface area contributed by atoms with Crippen molar-refractivity contribution in [2.24, 2.45) is 0 Å². The number of benzene rings is 2. The fraction of sp³-hybridized carbons (Fsp3) is 0.176. The Morgan fingerprint density at radius 3 is 2.62 bits per heavy atom. The van der Waals surface area contributed by atoms with Gasteiger partial charge >= 0.3 is 0 Å². The molecule has 0 bridgehead atoms. The molecule has 2 aromatic rings. The van der Waals surface area contributed by atoms with Crippen LogP contribution < -0.4 is 9.47 Å². The number of fused-ring (bicyclic) bond motifs is 1. The zero-order valence-electron chi connectivity index (χ0n) is 11.9. The number of hydrogen-bond acceptors (Lipinski definition) is 4. The van der Waals surface area contributed by atoms with E-state index in [-0.39, 0.29) is 11.5 Å². The first-order valence-corrected chi connectivity index (χ1v) is 6.63. The van der Waals surface area contributed by atoms with Crippen molar-refractivity contribution in [3.8, 4) is 23.0 Å². The number of aromatic hydroxyl groups is 2. The van der Waals surface area contributed by atoms with Crippen molar-refractivity contribution < 1.29 is 19.7 Å². The molecule has 0 atom stereocenters. The highest BCUT2D eigenvalue weighted by atomic mass is 16.5. The normalized spacial score (nSPS) is 13.6. The Bertz CT molecular complexity index is 732. The number of rotatable bonds is 2. The minimum Gasteiger partial charge on any atom is -0.508 e. The van der Waals surface area contributed by atoms with Crippen LogP contribution in [0.5, 0.6) is 23.0 Å². The number of phenolic OH excluding ortho intramolecular Hbond substituents is 2. The molecule has 2 aromatic carbocycles. The lowest BCUT2D eigenvalue weighted by molar-refractivity contribution is 0.362. The van der Waals surface area contributed by atoms with E-state index in [0.29, 0.717) is 12.4 Å². The van der Waals surface area contributed by atoms with Gasteiger partial charge in [0.05, 0.1) is 7.11 Å². The highest BCUT2D eigenvalue weighted by Crippen LogP contribution is 2.40. The molecule has 2 N–H and O–H groups in total. The van der Waals surface area contributed by atoms with Gasteiger partial charge in [0.25, 0.3) is 0 Å². The van der Waals surface area contributed by atoms with Gasteiger partial charge in [0.2, 0.25) is 0 Å². The molecule has 0 amide bonds. The molecular formula is C17H16O4. The molecule has 3 rings (SSSR count). The molecule has 0 aliphatic carbocycles. The Kier molecular flexibility index (Phi) is 3.22. The predicted molar refractivity (Wildman–Crippen MR) is 80.7 cm³/mol. The van der Waals surface area contributed by atoms with Gasteiger partial charge < -0.3 is 19.7 Å². The molecule has 0 saturated heterocycles. The number of methoxy groups -OCH3 is 1. The summed E-state index contributed by atoms with van der Waals surface area (Å²) in [6.07, 6.45) is 0.